The number of Topliss-reactive ketones (excluding diaryl/α,β-unsaturated/α-hetero) is 1. The maximum absolute atomic E-state index is 12.9. The van der Waals surface area contributed by atoms with Crippen LogP contribution < -0.4 is 9.47 Å². The van der Waals surface area contributed by atoms with Gasteiger partial charge >= 0.3 is 0 Å². The zero-order valence-electron chi connectivity index (χ0n) is 15.8. The fraction of sp³-hybridized carbons (Fsp3) is 0.174. The van der Waals surface area contributed by atoms with Crippen LogP contribution in [0.2, 0.25) is 5.02 Å². The zero-order chi connectivity index (χ0) is 20.0. The number of carbonyl (C=O) groups is 1. The summed E-state index contributed by atoms with van der Waals surface area (Å²) in [6, 6.07) is 13.5. The zero-order valence-corrected chi connectivity index (χ0v) is 17.3. The minimum absolute atomic E-state index is 0.0844. The summed E-state index contributed by atoms with van der Waals surface area (Å²) in [4.78, 5) is 16.1. The predicted molar refractivity (Wildman–Crippen MR) is 115 cm³/mol. The van der Waals surface area contributed by atoms with Crippen molar-refractivity contribution in [2.24, 2.45) is 0 Å². The molecule has 0 atom stereocenters. The van der Waals surface area contributed by atoms with Crippen molar-refractivity contribution >= 4 is 34.8 Å². The van der Waals surface area contributed by atoms with E-state index in [-0.39, 0.29) is 5.78 Å². The average Bonchev–Trinajstić information content (AvgIpc) is 3.27. The Morgan fingerprint density at radius 1 is 1.21 bits per heavy atom. The SMILES string of the molecule is Cc1ccsc1/C=C1\Oc2c(ccc3c2CN(Cc2ccccc2Cl)CO3)C1=O. The molecule has 3 heterocycles. The van der Waals surface area contributed by atoms with Crippen molar-refractivity contribution in [3.05, 3.63) is 85.8 Å². The molecule has 6 heteroatoms. The molecule has 2 aromatic carbocycles. The molecule has 0 spiro atoms. The highest BCUT2D eigenvalue weighted by molar-refractivity contribution is 7.11. The fourth-order valence-electron chi connectivity index (χ4n) is 3.62. The smallest absolute Gasteiger partial charge is 0.232 e. The molecule has 5 rings (SSSR count). The third-order valence-corrected chi connectivity index (χ3v) is 6.53. The van der Waals surface area contributed by atoms with Gasteiger partial charge < -0.3 is 9.47 Å². The topological polar surface area (TPSA) is 38.8 Å². The summed E-state index contributed by atoms with van der Waals surface area (Å²) >= 11 is 7.91. The van der Waals surface area contributed by atoms with Gasteiger partial charge in [0.2, 0.25) is 5.78 Å². The minimum Gasteiger partial charge on any atom is -0.478 e. The Kier molecular flexibility index (Phi) is 4.66. The summed E-state index contributed by atoms with van der Waals surface area (Å²) < 4.78 is 12.0. The lowest BCUT2D eigenvalue weighted by molar-refractivity contribution is 0.0873. The summed E-state index contributed by atoms with van der Waals surface area (Å²) in [7, 11) is 0. The van der Waals surface area contributed by atoms with Crippen molar-refractivity contribution in [3.63, 3.8) is 0 Å². The van der Waals surface area contributed by atoms with Crippen molar-refractivity contribution in [2.45, 2.75) is 20.0 Å². The average molecular weight is 424 g/mol. The van der Waals surface area contributed by atoms with E-state index in [2.05, 4.69) is 4.90 Å². The van der Waals surface area contributed by atoms with Crippen LogP contribution in [0, 0.1) is 6.92 Å². The Bertz CT molecular complexity index is 1150. The molecule has 0 N–H and O–H groups in total. The summed E-state index contributed by atoms with van der Waals surface area (Å²) in [5.41, 5.74) is 3.67. The number of ether oxygens (including phenoxy) is 2. The quantitative estimate of drug-likeness (QED) is 0.508. The Balaban J connectivity index is 1.44. The number of aryl methyl sites for hydroxylation is 1. The Morgan fingerprint density at radius 2 is 2.07 bits per heavy atom. The molecule has 0 amide bonds. The van der Waals surface area contributed by atoms with Gasteiger partial charge in [-0.15, -0.1) is 11.3 Å². The van der Waals surface area contributed by atoms with Crippen molar-refractivity contribution in [2.75, 3.05) is 6.73 Å². The monoisotopic (exact) mass is 423 g/mol. The largest absolute Gasteiger partial charge is 0.478 e. The Labute approximate surface area is 177 Å². The maximum Gasteiger partial charge on any atom is 0.232 e. The Hall–Kier alpha value is -2.60. The van der Waals surface area contributed by atoms with E-state index in [0.29, 0.717) is 36.9 Å². The second-order valence-electron chi connectivity index (χ2n) is 7.18. The van der Waals surface area contributed by atoms with Crippen LogP contribution in [0.5, 0.6) is 11.5 Å². The first-order valence-corrected chi connectivity index (χ1v) is 10.6. The summed E-state index contributed by atoms with van der Waals surface area (Å²) in [5, 5.41) is 2.75. The molecule has 0 saturated heterocycles. The normalized spacial score (nSPS) is 17.0. The lowest BCUT2D eigenvalue weighted by Crippen LogP contribution is -2.31. The molecule has 146 valence electrons. The number of carbonyl (C=O) groups excluding carboxylic acids is 1. The van der Waals surface area contributed by atoms with Gasteiger partial charge in [0.05, 0.1) is 11.1 Å². The van der Waals surface area contributed by atoms with E-state index >= 15 is 0 Å². The minimum atomic E-state index is -0.0844. The van der Waals surface area contributed by atoms with Gasteiger partial charge in [-0.2, -0.15) is 0 Å². The molecule has 0 bridgehead atoms. The fourth-order valence-corrected chi connectivity index (χ4v) is 4.67. The molecule has 0 unspecified atom stereocenters. The number of benzene rings is 2. The second-order valence-corrected chi connectivity index (χ2v) is 8.53. The molecule has 29 heavy (non-hydrogen) atoms. The number of ketones is 1. The number of allylic oxidation sites excluding steroid dienone is 1. The van der Waals surface area contributed by atoms with Crippen LogP contribution in [0.25, 0.3) is 6.08 Å². The summed E-state index contributed by atoms with van der Waals surface area (Å²) in [6.07, 6.45) is 1.83. The van der Waals surface area contributed by atoms with Crippen LogP contribution in [0.15, 0.2) is 53.6 Å². The lowest BCUT2D eigenvalue weighted by Gasteiger charge is -2.30. The lowest BCUT2D eigenvalue weighted by atomic mass is 10.0. The van der Waals surface area contributed by atoms with E-state index in [1.54, 1.807) is 17.4 Å². The number of fused-ring (bicyclic) bond motifs is 3. The van der Waals surface area contributed by atoms with Crippen LogP contribution in [0.4, 0.5) is 0 Å². The number of hydrogen-bond acceptors (Lipinski definition) is 5. The molecule has 0 radical (unpaired) electrons. The van der Waals surface area contributed by atoms with Crippen molar-refractivity contribution in [3.8, 4) is 11.5 Å². The van der Waals surface area contributed by atoms with Gasteiger partial charge in [-0.25, -0.2) is 0 Å². The molecular weight excluding hydrogens is 406 g/mol. The van der Waals surface area contributed by atoms with E-state index in [9.17, 15) is 4.79 Å². The van der Waals surface area contributed by atoms with E-state index in [4.69, 9.17) is 21.1 Å². The first-order valence-electron chi connectivity index (χ1n) is 9.33. The second kappa shape index (κ2) is 7.34. The molecule has 1 aromatic heterocycles. The number of hydrogen-bond donors (Lipinski definition) is 0. The first-order chi connectivity index (χ1) is 14.1. The number of halogens is 1. The van der Waals surface area contributed by atoms with Gasteiger partial charge in [-0.1, -0.05) is 29.8 Å². The highest BCUT2D eigenvalue weighted by Crippen LogP contribution is 2.42. The van der Waals surface area contributed by atoms with Gasteiger partial charge in [0.1, 0.15) is 18.2 Å². The third kappa shape index (κ3) is 3.35. The van der Waals surface area contributed by atoms with Crippen molar-refractivity contribution in [1.29, 1.82) is 0 Å². The molecule has 0 saturated carbocycles. The maximum atomic E-state index is 12.9. The molecule has 3 aromatic rings. The van der Waals surface area contributed by atoms with Gasteiger partial charge in [0.25, 0.3) is 0 Å². The summed E-state index contributed by atoms with van der Waals surface area (Å²) in [6.45, 7) is 3.77. The van der Waals surface area contributed by atoms with Gasteiger partial charge in [-0.05, 0) is 47.7 Å². The van der Waals surface area contributed by atoms with Gasteiger partial charge in [0, 0.05) is 29.1 Å². The highest BCUT2D eigenvalue weighted by atomic mass is 35.5. The van der Waals surface area contributed by atoms with Crippen LogP contribution in [-0.2, 0) is 13.1 Å². The first kappa shape index (κ1) is 18.4. The van der Waals surface area contributed by atoms with E-state index in [1.807, 2.05) is 54.8 Å². The van der Waals surface area contributed by atoms with E-state index in [1.165, 1.54) is 0 Å². The highest BCUT2D eigenvalue weighted by Gasteiger charge is 2.33. The number of nitrogens with zero attached hydrogens (tertiary/aromatic N) is 1. The van der Waals surface area contributed by atoms with E-state index in [0.717, 1.165) is 32.3 Å². The predicted octanol–water partition coefficient (Wildman–Crippen LogP) is 5.68. The summed E-state index contributed by atoms with van der Waals surface area (Å²) in [5.74, 6) is 1.65. The third-order valence-electron chi connectivity index (χ3n) is 5.20. The van der Waals surface area contributed by atoms with Crippen molar-refractivity contribution < 1.29 is 14.3 Å². The van der Waals surface area contributed by atoms with Crippen molar-refractivity contribution in [1.82, 2.24) is 4.90 Å². The van der Waals surface area contributed by atoms with Crippen LogP contribution in [0.3, 0.4) is 0 Å². The molecule has 2 aliphatic heterocycles. The molecule has 4 nitrogen and oxygen atoms in total. The molecule has 0 aliphatic carbocycles. The van der Waals surface area contributed by atoms with Crippen LogP contribution >= 0.6 is 22.9 Å². The van der Waals surface area contributed by atoms with Gasteiger partial charge in [0.15, 0.2) is 5.76 Å². The standard InChI is InChI=1S/C23H18ClNO3S/c1-14-8-9-29-21(14)10-20-22(26)16-6-7-19-17(23(16)28-20)12-25(13-27-19)11-15-4-2-3-5-18(15)24/h2-10H,11-13H2,1H3/b20-10-. The van der Waals surface area contributed by atoms with Gasteiger partial charge in [-0.3, -0.25) is 9.69 Å². The van der Waals surface area contributed by atoms with Crippen LogP contribution in [-0.4, -0.2) is 17.4 Å². The molecular formula is C23H18ClNO3S. The van der Waals surface area contributed by atoms with Crippen LogP contribution in [0.1, 0.15) is 31.9 Å². The Morgan fingerprint density at radius 3 is 2.86 bits per heavy atom. The van der Waals surface area contributed by atoms with E-state index < -0.39 is 0 Å². The molecule has 0 fully saturated rings. The molecule has 2 aliphatic rings. The number of rotatable bonds is 3. The number of thiophene rings is 1.